The van der Waals surface area contributed by atoms with Gasteiger partial charge < -0.3 is 15.4 Å². The fraction of sp³-hybridized carbons (Fsp3) is 0.150. The third kappa shape index (κ3) is 3.09. The van der Waals surface area contributed by atoms with Crippen molar-refractivity contribution in [2.24, 2.45) is 0 Å². The first kappa shape index (κ1) is 16.1. The average molecular weight is 346 g/mol. The summed E-state index contributed by atoms with van der Waals surface area (Å²) in [6.07, 6.45) is 5.04. The van der Waals surface area contributed by atoms with Gasteiger partial charge >= 0.3 is 0 Å². The molecule has 0 saturated carbocycles. The molecule has 0 fully saturated rings. The van der Waals surface area contributed by atoms with Crippen LogP contribution < -0.4 is 15.4 Å². The number of fused-ring (bicyclic) bond motifs is 1. The molecule has 0 aliphatic carbocycles. The van der Waals surface area contributed by atoms with Crippen LogP contribution >= 0.6 is 0 Å². The molecule has 2 aromatic heterocycles. The summed E-state index contributed by atoms with van der Waals surface area (Å²) in [7, 11) is 0. The number of amides is 1. The Kier molecular flexibility index (Phi) is 4.23. The van der Waals surface area contributed by atoms with Crippen LogP contribution in [0.2, 0.25) is 0 Å². The Morgan fingerprint density at radius 2 is 2.19 bits per heavy atom. The van der Waals surface area contributed by atoms with E-state index in [0.717, 1.165) is 52.6 Å². The first-order valence-electron chi connectivity index (χ1n) is 8.41. The molecule has 0 spiro atoms. The van der Waals surface area contributed by atoms with Crippen LogP contribution in [0.3, 0.4) is 0 Å². The number of ether oxygens (including phenoxy) is 1. The molecule has 1 aliphatic heterocycles. The number of hydrogen-bond donors (Lipinski definition) is 2. The third-order valence-corrected chi connectivity index (χ3v) is 4.36. The number of aryl methyl sites for hydroxylation is 1. The van der Waals surface area contributed by atoms with E-state index >= 15 is 0 Å². The molecule has 1 aliphatic rings. The van der Waals surface area contributed by atoms with E-state index in [9.17, 15) is 4.79 Å². The number of benzene rings is 1. The molecule has 0 radical (unpaired) electrons. The van der Waals surface area contributed by atoms with Crippen LogP contribution in [0.25, 0.3) is 11.3 Å². The van der Waals surface area contributed by atoms with Crippen LogP contribution in [0.5, 0.6) is 11.5 Å². The predicted octanol–water partition coefficient (Wildman–Crippen LogP) is 3.78. The van der Waals surface area contributed by atoms with Gasteiger partial charge in [-0.3, -0.25) is 9.78 Å². The van der Waals surface area contributed by atoms with E-state index in [4.69, 9.17) is 9.72 Å². The lowest BCUT2D eigenvalue weighted by atomic mass is 10.1. The molecule has 0 atom stereocenters. The first-order valence-corrected chi connectivity index (χ1v) is 8.41. The number of carbonyl (C=O) groups is 1. The highest BCUT2D eigenvalue weighted by atomic mass is 16.5. The second kappa shape index (κ2) is 6.84. The number of pyridine rings is 2. The van der Waals surface area contributed by atoms with Gasteiger partial charge in [-0.15, -0.1) is 0 Å². The topological polar surface area (TPSA) is 76.1 Å². The zero-order chi connectivity index (χ0) is 17.9. The van der Waals surface area contributed by atoms with Gasteiger partial charge in [0.2, 0.25) is 6.41 Å². The molecule has 3 aromatic rings. The van der Waals surface area contributed by atoms with Gasteiger partial charge in [0, 0.05) is 47.9 Å². The van der Waals surface area contributed by atoms with Gasteiger partial charge in [-0.2, -0.15) is 0 Å². The highest BCUT2D eigenvalue weighted by Gasteiger charge is 2.20. The maximum Gasteiger partial charge on any atom is 0.211 e. The number of nitrogens with one attached hydrogen (secondary N) is 2. The zero-order valence-corrected chi connectivity index (χ0v) is 14.3. The molecule has 26 heavy (non-hydrogen) atoms. The predicted molar refractivity (Wildman–Crippen MR) is 101 cm³/mol. The molecule has 1 aromatic carbocycles. The van der Waals surface area contributed by atoms with Gasteiger partial charge in [0.15, 0.2) is 0 Å². The normalized spacial score (nSPS) is 12.2. The number of carbonyl (C=O) groups excluding carboxylic acids is 1. The lowest BCUT2D eigenvalue weighted by Crippen LogP contribution is -1.98. The summed E-state index contributed by atoms with van der Waals surface area (Å²) in [6.45, 7) is 2.77. The molecule has 0 saturated heterocycles. The van der Waals surface area contributed by atoms with Crippen molar-refractivity contribution in [1.82, 2.24) is 9.97 Å². The summed E-state index contributed by atoms with van der Waals surface area (Å²) in [5, 5.41) is 6.01. The van der Waals surface area contributed by atoms with Crippen molar-refractivity contribution in [1.29, 1.82) is 0 Å². The van der Waals surface area contributed by atoms with Gasteiger partial charge in [-0.05, 0) is 37.1 Å². The maximum atomic E-state index is 10.8. The summed E-state index contributed by atoms with van der Waals surface area (Å²) < 4.78 is 6.17. The Morgan fingerprint density at radius 1 is 1.27 bits per heavy atom. The van der Waals surface area contributed by atoms with Gasteiger partial charge in [0.25, 0.3) is 0 Å². The van der Waals surface area contributed by atoms with Gasteiger partial charge in [0.1, 0.15) is 17.3 Å². The third-order valence-electron chi connectivity index (χ3n) is 4.36. The van der Waals surface area contributed by atoms with Crippen molar-refractivity contribution in [3.8, 4) is 22.8 Å². The molecular formula is C20H18N4O2. The zero-order valence-electron chi connectivity index (χ0n) is 14.3. The van der Waals surface area contributed by atoms with Crippen LogP contribution in [0.15, 0.2) is 48.8 Å². The van der Waals surface area contributed by atoms with E-state index in [2.05, 4.69) is 15.6 Å². The minimum Gasteiger partial charge on any atom is -0.457 e. The van der Waals surface area contributed by atoms with E-state index in [1.54, 1.807) is 12.4 Å². The Labute approximate surface area is 151 Å². The minimum atomic E-state index is 0.664. The van der Waals surface area contributed by atoms with Gasteiger partial charge in [-0.25, -0.2) is 4.98 Å². The first-order chi connectivity index (χ1) is 12.7. The molecule has 0 unspecified atom stereocenters. The maximum absolute atomic E-state index is 10.8. The standard InChI is InChI=1S/C20H18N4O2/c1-13-4-5-15(9-17(13)23-12-25)26-19-10-18(14-3-2-7-21-11-14)24-20-16(19)6-8-22-20/h2-5,7,9-12H,6,8H2,1H3,(H,22,24)(H,23,25). The highest BCUT2D eigenvalue weighted by Crippen LogP contribution is 2.37. The van der Waals surface area contributed by atoms with E-state index in [1.165, 1.54) is 0 Å². The highest BCUT2D eigenvalue weighted by molar-refractivity contribution is 5.74. The number of rotatable bonds is 5. The number of hydrogen-bond acceptors (Lipinski definition) is 5. The second-order valence-corrected chi connectivity index (χ2v) is 6.09. The van der Waals surface area contributed by atoms with Crippen LogP contribution in [0, 0.1) is 6.92 Å². The Balaban J connectivity index is 1.73. The van der Waals surface area contributed by atoms with Gasteiger partial charge in [-0.1, -0.05) is 6.07 Å². The number of nitrogens with zero attached hydrogens (tertiary/aromatic N) is 2. The molecule has 6 heteroatoms. The molecule has 1 amide bonds. The SMILES string of the molecule is Cc1ccc(Oc2cc(-c3cccnc3)nc3c2CCN3)cc1NC=O. The minimum absolute atomic E-state index is 0.664. The quantitative estimate of drug-likeness (QED) is 0.688. The smallest absolute Gasteiger partial charge is 0.211 e. The largest absolute Gasteiger partial charge is 0.457 e. The van der Waals surface area contributed by atoms with E-state index in [1.807, 2.05) is 43.3 Å². The lowest BCUT2D eigenvalue weighted by molar-refractivity contribution is -0.105. The van der Waals surface area contributed by atoms with Crippen LogP contribution in [-0.4, -0.2) is 22.9 Å². The van der Waals surface area contributed by atoms with Crippen LogP contribution in [-0.2, 0) is 11.2 Å². The Bertz CT molecular complexity index is 958. The summed E-state index contributed by atoms with van der Waals surface area (Å²) in [5.41, 5.74) is 4.50. The molecule has 4 rings (SSSR count). The molecule has 3 heterocycles. The second-order valence-electron chi connectivity index (χ2n) is 6.09. The fourth-order valence-electron chi connectivity index (χ4n) is 3.01. The van der Waals surface area contributed by atoms with Crippen molar-refractivity contribution in [2.45, 2.75) is 13.3 Å². The summed E-state index contributed by atoms with van der Waals surface area (Å²) in [4.78, 5) is 19.6. The van der Waals surface area contributed by atoms with Crippen LogP contribution in [0.1, 0.15) is 11.1 Å². The molecule has 2 N–H and O–H groups in total. The van der Waals surface area contributed by atoms with E-state index in [-0.39, 0.29) is 0 Å². The number of aromatic nitrogens is 2. The summed E-state index contributed by atoms with van der Waals surface area (Å²) in [6, 6.07) is 11.4. The van der Waals surface area contributed by atoms with E-state index in [0.29, 0.717) is 12.2 Å². The van der Waals surface area contributed by atoms with Crippen molar-refractivity contribution >= 4 is 17.9 Å². The lowest BCUT2D eigenvalue weighted by Gasteiger charge is -2.13. The van der Waals surface area contributed by atoms with Crippen LogP contribution in [0.4, 0.5) is 11.5 Å². The molecule has 130 valence electrons. The molecule has 6 nitrogen and oxygen atoms in total. The fourth-order valence-corrected chi connectivity index (χ4v) is 3.01. The van der Waals surface area contributed by atoms with Crippen molar-refractivity contribution in [3.05, 3.63) is 59.9 Å². The Hall–Kier alpha value is -3.41. The van der Waals surface area contributed by atoms with Crippen molar-refractivity contribution < 1.29 is 9.53 Å². The molecule has 0 bridgehead atoms. The van der Waals surface area contributed by atoms with Gasteiger partial charge in [0.05, 0.1) is 5.69 Å². The van der Waals surface area contributed by atoms with Crippen molar-refractivity contribution in [2.75, 3.05) is 17.2 Å². The summed E-state index contributed by atoms with van der Waals surface area (Å²) in [5.74, 6) is 2.27. The number of anilines is 2. The monoisotopic (exact) mass is 346 g/mol. The Morgan fingerprint density at radius 3 is 3.00 bits per heavy atom. The molecular weight excluding hydrogens is 328 g/mol. The average Bonchev–Trinajstić information content (AvgIpc) is 3.14. The van der Waals surface area contributed by atoms with E-state index < -0.39 is 0 Å². The van der Waals surface area contributed by atoms with Crippen molar-refractivity contribution in [3.63, 3.8) is 0 Å². The summed E-state index contributed by atoms with van der Waals surface area (Å²) >= 11 is 0.